The molecular formula is C21H28O2. The molecule has 0 fully saturated rings. The fourth-order valence-corrected chi connectivity index (χ4v) is 3.07. The summed E-state index contributed by atoms with van der Waals surface area (Å²) in [5.41, 5.74) is 5.98. The molecule has 23 heavy (non-hydrogen) atoms. The lowest BCUT2D eigenvalue weighted by molar-refractivity contribution is 0.446. The summed E-state index contributed by atoms with van der Waals surface area (Å²) in [4.78, 5) is 0. The minimum Gasteiger partial charge on any atom is -0.508 e. The second-order valence-electron chi connectivity index (χ2n) is 7.49. The Balaban J connectivity index is 2.67. The molecule has 0 amide bonds. The first kappa shape index (κ1) is 17.4. The molecule has 0 heterocycles. The highest BCUT2D eigenvalue weighted by atomic mass is 16.3. The van der Waals surface area contributed by atoms with Gasteiger partial charge in [0.1, 0.15) is 11.5 Å². The van der Waals surface area contributed by atoms with Gasteiger partial charge >= 0.3 is 0 Å². The second-order valence-corrected chi connectivity index (χ2v) is 7.49. The highest BCUT2D eigenvalue weighted by Gasteiger charge is 2.20. The summed E-state index contributed by atoms with van der Waals surface area (Å²) in [5, 5.41) is 20.6. The fraction of sp³-hybridized carbons (Fsp3) is 0.429. The van der Waals surface area contributed by atoms with Crippen molar-refractivity contribution < 1.29 is 10.2 Å². The summed E-state index contributed by atoms with van der Waals surface area (Å²) >= 11 is 0. The largest absolute Gasteiger partial charge is 0.508 e. The number of aryl methyl sites for hydroxylation is 3. The molecule has 0 unspecified atom stereocenters. The molecule has 0 saturated heterocycles. The van der Waals surface area contributed by atoms with E-state index in [1.807, 2.05) is 26.0 Å². The zero-order valence-electron chi connectivity index (χ0n) is 15.1. The van der Waals surface area contributed by atoms with E-state index in [2.05, 4.69) is 39.8 Å². The molecule has 2 aromatic carbocycles. The highest BCUT2D eigenvalue weighted by molar-refractivity contribution is 5.72. The Labute approximate surface area is 139 Å². The van der Waals surface area contributed by atoms with Crippen molar-refractivity contribution in [2.75, 3.05) is 0 Å². The van der Waals surface area contributed by atoms with Crippen LogP contribution in [-0.4, -0.2) is 10.2 Å². The van der Waals surface area contributed by atoms with Gasteiger partial charge in [-0.05, 0) is 83.3 Å². The van der Waals surface area contributed by atoms with Crippen LogP contribution in [0, 0.1) is 13.8 Å². The highest BCUT2D eigenvalue weighted by Crippen LogP contribution is 2.38. The molecule has 0 aromatic heterocycles. The number of phenols is 2. The number of rotatable bonds is 3. The van der Waals surface area contributed by atoms with E-state index < -0.39 is 0 Å². The van der Waals surface area contributed by atoms with Crippen LogP contribution in [0.1, 0.15) is 56.4 Å². The van der Waals surface area contributed by atoms with Gasteiger partial charge in [0.05, 0.1) is 0 Å². The van der Waals surface area contributed by atoms with Crippen molar-refractivity contribution in [3.8, 4) is 22.6 Å². The summed E-state index contributed by atoms with van der Waals surface area (Å²) in [6.07, 6.45) is 1.86. The molecule has 0 aliphatic carbocycles. The third-order valence-corrected chi connectivity index (χ3v) is 4.36. The van der Waals surface area contributed by atoms with Crippen molar-refractivity contribution in [3.63, 3.8) is 0 Å². The predicted molar refractivity (Wildman–Crippen MR) is 97.4 cm³/mol. The lowest BCUT2D eigenvalue weighted by Gasteiger charge is -2.23. The summed E-state index contributed by atoms with van der Waals surface area (Å²) in [7, 11) is 0. The van der Waals surface area contributed by atoms with Gasteiger partial charge in [-0.1, -0.05) is 34.1 Å². The molecule has 2 rings (SSSR count). The van der Waals surface area contributed by atoms with Crippen LogP contribution in [0.4, 0.5) is 0 Å². The van der Waals surface area contributed by atoms with Crippen molar-refractivity contribution in [1.82, 2.24) is 0 Å². The topological polar surface area (TPSA) is 40.5 Å². The van der Waals surface area contributed by atoms with Crippen molar-refractivity contribution in [2.24, 2.45) is 0 Å². The van der Waals surface area contributed by atoms with Gasteiger partial charge in [-0.2, -0.15) is 0 Å². The van der Waals surface area contributed by atoms with Crippen molar-refractivity contribution in [2.45, 2.75) is 59.8 Å². The van der Waals surface area contributed by atoms with E-state index in [4.69, 9.17) is 0 Å². The van der Waals surface area contributed by atoms with Gasteiger partial charge in [-0.25, -0.2) is 0 Å². The van der Waals surface area contributed by atoms with E-state index in [-0.39, 0.29) is 5.41 Å². The van der Waals surface area contributed by atoms with Gasteiger partial charge in [0.25, 0.3) is 0 Å². The Morgan fingerprint density at radius 1 is 0.913 bits per heavy atom. The van der Waals surface area contributed by atoms with Crippen LogP contribution in [0.25, 0.3) is 11.1 Å². The normalized spacial score (nSPS) is 11.7. The number of phenolic OH excluding ortho intramolecular Hbond substituents is 2. The maximum absolute atomic E-state index is 10.3. The summed E-state index contributed by atoms with van der Waals surface area (Å²) < 4.78 is 0. The molecule has 0 atom stereocenters. The van der Waals surface area contributed by atoms with E-state index in [1.54, 1.807) is 0 Å². The van der Waals surface area contributed by atoms with Crippen molar-refractivity contribution in [3.05, 3.63) is 46.5 Å². The standard InChI is InChI=1S/C21H28O2/c1-7-8-15-11-16(9-14(3)20(15)23)17-12-18(21(4,5)6)19(22)10-13(17)2/h9-12,22-23H,7-8H2,1-6H3. The Kier molecular flexibility index (Phi) is 4.74. The summed E-state index contributed by atoms with van der Waals surface area (Å²) in [6.45, 7) is 12.4. The van der Waals surface area contributed by atoms with Gasteiger partial charge in [0, 0.05) is 0 Å². The molecule has 0 saturated carbocycles. The monoisotopic (exact) mass is 312 g/mol. The SMILES string of the molecule is CCCc1cc(-c2cc(C(C)(C)C)c(O)cc2C)cc(C)c1O. The van der Waals surface area contributed by atoms with Gasteiger partial charge in [0.15, 0.2) is 0 Å². The van der Waals surface area contributed by atoms with Crippen LogP contribution in [0.3, 0.4) is 0 Å². The molecule has 2 aromatic rings. The quantitative estimate of drug-likeness (QED) is 0.771. The number of benzene rings is 2. The maximum Gasteiger partial charge on any atom is 0.121 e. The fourth-order valence-electron chi connectivity index (χ4n) is 3.07. The molecule has 0 radical (unpaired) electrons. The second kappa shape index (κ2) is 6.27. The Hall–Kier alpha value is -1.96. The molecular weight excluding hydrogens is 284 g/mol. The van der Waals surface area contributed by atoms with E-state index >= 15 is 0 Å². The van der Waals surface area contributed by atoms with Gasteiger partial charge in [-0.15, -0.1) is 0 Å². The molecule has 124 valence electrons. The molecule has 0 bridgehead atoms. The zero-order chi connectivity index (χ0) is 17.4. The molecule has 0 aliphatic rings. The Bertz CT molecular complexity index is 722. The van der Waals surface area contributed by atoms with Crippen LogP contribution in [-0.2, 0) is 11.8 Å². The number of hydrogen-bond acceptors (Lipinski definition) is 2. The van der Waals surface area contributed by atoms with Crippen LogP contribution in [0.15, 0.2) is 24.3 Å². The lowest BCUT2D eigenvalue weighted by atomic mass is 9.83. The summed E-state index contributed by atoms with van der Waals surface area (Å²) in [6, 6.07) is 8.04. The van der Waals surface area contributed by atoms with E-state index in [9.17, 15) is 10.2 Å². The first-order valence-corrected chi connectivity index (χ1v) is 8.32. The van der Waals surface area contributed by atoms with Gasteiger partial charge in [-0.3, -0.25) is 0 Å². The van der Waals surface area contributed by atoms with E-state index in [1.165, 1.54) is 0 Å². The van der Waals surface area contributed by atoms with Crippen LogP contribution < -0.4 is 0 Å². The molecule has 2 N–H and O–H groups in total. The first-order valence-electron chi connectivity index (χ1n) is 8.32. The predicted octanol–water partition coefficient (Wildman–Crippen LogP) is 5.63. The van der Waals surface area contributed by atoms with Gasteiger partial charge in [0.2, 0.25) is 0 Å². The first-order chi connectivity index (χ1) is 10.6. The molecule has 0 spiro atoms. The van der Waals surface area contributed by atoms with Gasteiger partial charge < -0.3 is 10.2 Å². The molecule has 2 nitrogen and oxygen atoms in total. The van der Waals surface area contributed by atoms with Crippen molar-refractivity contribution in [1.29, 1.82) is 0 Å². The number of aromatic hydroxyl groups is 2. The van der Waals surface area contributed by atoms with E-state index in [0.29, 0.717) is 11.5 Å². The molecule has 0 aliphatic heterocycles. The van der Waals surface area contributed by atoms with Crippen LogP contribution in [0.2, 0.25) is 0 Å². The zero-order valence-corrected chi connectivity index (χ0v) is 15.1. The summed E-state index contributed by atoms with van der Waals surface area (Å²) in [5.74, 6) is 0.756. The third-order valence-electron chi connectivity index (χ3n) is 4.36. The average molecular weight is 312 g/mol. The molecule has 2 heteroatoms. The maximum atomic E-state index is 10.3. The lowest BCUT2D eigenvalue weighted by Crippen LogP contribution is -2.11. The minimum absolute atomic E-state index is 0.120. The Morgan fingerprint density at radius 2 is 1.57 bits per heavy atom. The van der Waals surface area contributed by atoms with Crippen molar-refractivity contribution >= 4 is 0 Å². The smallest absolute Gasteiger partial charge is 0.121 e. The van der Waals surface area contributed by atoms with E-state index in [0.717, 1.165) is 46.2 Å². The Morgan fingerprint density at radius 3 is 2.13 bits per heavy atom. The minimum atomic E-state index is -0.120. The van der Waals surface area contributed by atoms with Crippen LogP contribution >= 0.6 is 0 Å². The van der Waals surface area contributed by atoms with Crippen LogP contribution in [0.5, 0.6) is 11.5 Å². The number of hydrogen-bond donors (Lipinski definition) is 2. The third kappa shape index (κ3) is 3.52. The average Bonchev–Trinajstić information content (AvgIpc) is 2.42.